The Bertz CT molecular complexity index is 1300. The Hall–Kier alpha value is -3.50. The zero-order valence-electron chi connectivity index (χ0n) is 22.4. The van der Waals surface area contributed by atoms with E-state index in [1.165, 1.54) is 7.11 Å². The van der Waals surface area contributed by atoms with Crippen LogP contribution >= 0.6 is 0 Å². The lowest BCUT2D eigenvalue weighted by atomic mass is 9.87. The van der Waals surface area contributed by atoms with Gasteiger partial charge < -0.3 is 9.47 Å². The van der Waals surface area contributed by atoms with E-state index < -0.39 is 11.8 Å². The standard InChI is InChI=1S/C30H36FN3O3/c1-7-27(31)37-18-22-14-21(15-26(36-6)29(22)25(35)11-9-8-10-20(2)3)24-17-33-28-16-23(12-13-34(24)28)30(4,5)19-32/h7,12-17,20,27H,1,8-11,18H2,2-6H3. The fraction of sp³-hybridized carbons (Fsp3) is 0.433. The highest BCUT2D eigenvalue weighted by Crippen LogP contribution is 2.34. The van der Waals surface area contributed by atoms with Crippen LogP contribution in [0.4, 0.5) is 4.39 Å². The number of carbonyl (C=O) groups excluding carboxylic acids is 1. The molecule has 3 rings (SSSR count). The molecule has 3 aromatic rings. The second-order valence-electron chi connectivity index (χ2n) is 10.2. The Balaban J connectivity index is 2.04. The monoisotopic (exact) mass is 505 g/mol. The molecule has 1 unspecified atom stereocenters. The molecule has 0 saturated heterocycles. The first-order valence-electron chi connectivity index (χ1n) is 12.6. The molecule has 0 amide bonds. The van der Waals surface area contributed by atoms with Crippen LogP contribution in [0, 0.1) is 17.2 Å². The van der Waals surface area contributed by atoms with E-state index >= 15 is 0 Å². The molecule has 1 atom stereocenters. The zero-order valence-corrected chi connectivity index (χ0v) is 22.4. The number of benzene rings is 1. The number of methoxy groups -OCH3 is 1. The van der Waals surface area contributed by atoms with Gasteiger partial charge in [0.2, 0.25) is 6.36 Å². The molecule has 37 heavy (non-hydrogen) atoms. The van der Waals surface area contributed by atoms with E-state index in [-0.39, 0.29) is 12.4 Å². The van der Waals surface area contributed by atoms with Gasteiger partial charge in [0, 0.05) is 18.2 Å². The van der Waals surface area contributed by atoms with Crippen molar-refractivity contribution in [2.45, 2.75) is 71.8 Å². The maximum atomic E-state index is 13.9. The normalized spacial score (nSPS) is 12.5. The first-order valence-corrected chi connectivity index (χ1v) is 12.6. The Morgan fingerprint density at radius 1 is 1.30 bits per heavy atom. The molecule has 0 saturated carbocycles. The van der Waals surface area contributed by atoms with Gasteiger partial charge >= 0.3 is 0 Å². The lowest BCUT2D eigenvalue weighted by Crippen LogP contribution is -2.14. The molecule has 0 aliphatic carbocycles. The minimum Gasteiger partial charge on any atom is -0.496 e. The Labute approximate surface area is 218 Å². The number of alkyl halides is 1. The van der Waals surface area contributed by atoms with Crippen LogP contribution < -0.4 is 4.74 Å². The van der Waals surface area contributed by atoms with E-state index in [1.54, 1.807) is 6.20 Å². The average Bonchev–Trinajstić information content (AvgIpc) is 3.32. The van der Waals surface area contributed by atoms with Crippen LogP contribution in [0.2, 0.25) is 0 Å². The predicted octanol–water partition coefficient (Wildman–Crippen LogP) is 7.21. The van der Waals surface area contributed by atoms with Crippen molar-refractivity contribution in [3.8, 4) is 23.1 Å². The third kappa shape index (κ3) is 6.64. The topological polar surface area (TPSA) is 76.6 Å². The molecular formula is C30H36FN3O3. The fourth-order valence-corrected chi connectivity index (χ4v) is 4.26. The Morgan fingerprint density at radius 3 is 2.70 bits per heavy atom. The summed E-state index contributed by atoms with van der Waals surface area (Å²) in [7, 11) is 1.52. The number of ketones is 1. The first kappa shape index (κ1) is 28.1. The number of hydrogen-bond donors (Lipinski definition) is 0. The van der Waals surface area contributed by atoms with Gasteiger partial charge in [0.05, 0.1) is 42.7 Å². The molecule has 0 N–H and O–H groups in total. The zero-order chi connectivity index (χ0) is 27.2. The van der Waals surface area contributed by atoms with Gasteiger partial charge in [-0.1, -0.05) is 33.3 Å². The van der Waals surface area contributed by atoms with Crippen LogP contribution in [0.15, 0.2) is 49.3 Å². The van der Waals surface area contributed by atoms with Crippen molar-refractivity contribution in [3.05, 3.63) is 66.0 Å². The number of fused-ring (bicyclic) bond motifs is 1. The summed E-state index contributed by atoms with van der Waals surface area (Å²) < 4.78 is 26.8. The van der Waals surface area contributed by atoms with E-state index in [1.807, 2.05) is 48.7 Å². The minimum absolute atomic E-state index is 0.0544. The van der Waals surface area contributed by atoms with Crippen LogP contribution in [-0.4, -0.2) is 28.6 Å². The molecule has 0 fully saturated rings. The number of rotatable bonds is 13. The minimum atomic E-state index is -1.65. The van der Waals surface area contributed by atoms with Crippen molar-refractivity contribution < 1.29 is 18.7 Å². The molecular weight excluding hydrogens is 469 g/mol. The van der Waals surface area contributed by atoms with E-state index in [2.05, 4.69) is 31.5 Å². The number of nitrogens with zero attached hydrogens (tertiary/aromatic N) is 3. The predicted molar refractivity (Wildman–Crippen MR) is 143 cm³/mol. The van der Waals surface area contributed by atoms with Gasteiger partial charge in [-0.3, -0.25) is 9.20 Å². The van der Waals surface area contributed by atoms with Gasteiger partial charge in [0.1, 0.15) is 11.4 Å². The number of unbranched alkanes of at least 4 members (excludes halogenated alkanes) is 1. The van der Waals surface area contributed by atoms with Gasteiger partial charge in [-0.25, -0.2) is 9.37 Å². The van der Waals surface area contributed by atoms with Crippen molar-refractivity contribution >= 4 is 11.4 Å². The summed E-state index contributed by atoms with van der Waals surface area (Å²) in [5.41, 5.74) is 3.39. The number of ether oxygens (including phenoxy) is 2. The van der Waals surface area contributed by atoms with Crippen molar-refractivity contribution in [1.29, 1.82) is 5.26 Å². The summed E-state index contributed by atoms with van der Waals surface area (Å²) in [6.07, 6.45) is 6.19. The van der Waals surface area contributed by atoms with Crippen molar-refractivity contribution in [2.75, 3.05) is 7.11 Å². The number of hydrogen-bond acceptors (Lipinski definition) is 5. The van der Waals surface area contributed by atoms with E-state index in [9.17, 15) is 14.4 Å². The van der Waals surface area contributed by atoms with Crippen molar-refractivity contribution in [2.24, 2.45) is 5.92 Å². The summed E-state index contributed by atoms with van der Waals surface area (Å²) in [5.74, 6) is 0.943. The molecule has 2 heterocycles. The number of halogens is 1. The summed E-state index contributed by atoms with van der Waals surface area (Å²) in [5, 5.41) is 9.50. The summed E-state index contributed by atoms with van der Waals surface area (Å²) in [6, 6.07) is 9.74. The lowest BCUT2D eigenvalue weighted by molar-refractivity contribution is -0.0142. The number of pyridine rings is 1. The van der Waals surface area contributed by atoms with Gasteiger partial charge in [0.25, 0.3) is 0 Å². The van der Waals surface area contributed by atoms with Crippen LogP contribution in [0.5, 0.6) is 5.75 Å². The lowest BCUT2D eigenvalue weighted by Gasteiger charge is -2.17. The van der Waals surface area contributed by atoms with Crippen molar-refractivity contribution in [3.63, 3.8) is 0 Å². The number of nitriles is 1. The number of carbonyl (C=O) groups is 1. The summed E-state index contributed by atoms with van der Waals surface area (Å²) >= 11 is 0. The molecule has 0 radical (unpaired) electrons. The fourth-order valence-electron chi connectivity index (χ4n) is 4.26. The number of Topliss-reactive ketones (excluding diaryl/α,β-unsaturated/α-hetero) is 1. The molecule has 0 bridgehead atoms. The molecule has 0 aliphatic rings. The highest BCUT2D eigenvalue weighted by atomic mass is 19.1. The van der Waals surface area contributed by atoms with E-state index in [0.717, 1.165) is 42.2 Å². The van der Waals surface area contributed by atoms with E-state index in [0.29, 0.717) is 34.9 Å². The third-order valence-electron chi connectivity index (χ3n) is 6.51. The van der Waals surface area contributed by atoms with Gasteiger partial charge in [-0.15, -0.1) is 0 Å². The highest BCUT2D eigenvalue weighted by molar-refractivity contribution is 6.00. The van der Waals surface area contributed by atoms with Crippen LogP contribution in [0.25, 0.3) is 16.9 Å². The number of aromatic nitrogens is 2. The van der Waals surface area contributed by atoms with E-state index in [4.69, 9.17) is 9.47 Å². The SMILES string of the molecule is C=CC(F)OCc1cc(-c2cnc3cc(C(C)(C)C#N)ccn23)cc(OC)c1C(=O)CCCCC(C)C. The largest absolute Gasteiger partial charge is 0.496 e. The summed E-state index contributed by atoms with van der Waals surface area (Å²) in [6.45, 7) is 11.4. The second kappa shape index (κ2) is 12.2. The second-order valence-corrected chi connectivity index (χ2v) is 10.2. The molecule has 0 spiro atoms. The molecule has 7 heteroatoms. The molecule has 2 aromatic heterocycles. The maximum Gasteiger partial charge on any atom is 0.218 e. The molecule has 0 aliphatic heterocycles. The summed E-state index contributed by atoms with van der Waals surface area (Å²) in [4.78, 5) is 17.8. The van der Waals surface area contributed by atoms with Crippen molar-refractivity contribution in [1.82, 2.24) is 9.38 Å². The van der Waals surface area contributed by atoms with Crippen LogP contribution in [0.1, 0.15) is 74.9 Å². The van der Waals surface area contributed by atoms with Gasteiger partial charge in [-0.2, -0.15) is 5.26 Å². The van der Waals surface area contributed by atoms with Gasteiger partial charge in [0.15, 0.2) is 5.78 Å². The number of imidazole rings is 1. The Kier molecular flexibility index (Phi) is 9.23. The van der Waals surface area contributed by atoms with Crippen LogP contribution in [0.3, 0.4) is 0 Å². The first-order chi connectivity index (χ1) is 17.6. The molecule has 196 valence electrons. The Morgan fingerprint density at radius 2 is 2.05 bits per heavy atom. The quantitative estimate of drug-likeness (QED) is 0.139. The average molecular weight is 506 g/mol. The maximum absolute atomic E-state index is 13.9. The van der Waals surface area contributed by atoms with Gasteiger partial charge in [-0.05, 0) is 67.7 Å². The highest BCUT2D eigenvalue weighted by Gasteiger charge is 2.23. The third-order valence-corrected chi connectivity index (χ3v) is 6.51. The molecule has 6 nitrogen and oxygen atoms in total. The van der Waals surface area contributed by atoms with Crippen LogP contribution in [-0.2, 0) is 16.8 Å². The molecule has 1 aromatic carbocycles. The smallest absolute Gasteiger partial charge is 0.218 e.